The number of nitrogens with one attached hydrogen (secondary N) is 2. The summed E-state index contributed by atoms with van der Waals surface area (Å²) < 4.78 is 30.7. The average Bonchev–Trinajstić information content (AvgIpc) is 3.53. The Morgan fingerprint density at radius 1 is 1.11 bits per heavy atom. The van der Waals surface area contributed by atoms with Crippen molar-refractivity contribution in [2.45, 2.75) is 32.0 Å². The number of carboxylic acids is 1. The molecular formula is C26H21F2N5O5. The van der Waals surface area contributed by atoms with E-state index in [0.717, 1.165) is 11.1 Å². The number of carbonyl (C=O) groups excluding carboxylic acids is 2. The molecule has 4 aromatic rings. The van der Waals surface area contributed by atoms with Crippen LogP contribution in [-0.2, 0) is 13.0 Å². The Hall–Kier alpha value is -4.87. The Kier molecular flexibility index (Phi) is 6.69. The number of alkyl halides is 2. The van der Waals surface area contributed by atoms with Crippen LogP contribution >= 0.6 is 0 Å². The summed E-state index contributed by atoms with van der Waals surface area (Å²) >= 11 is 0. The molecule has 0 radical (unpaired) electrons. The average molecular weight is 521 g/mol. The van der Waals surface area contributed by atoms with Crippen molar-refractivity contribution in [1.29, 1.82) is 0 Å². The van der Waals surface area contributed by atoms with Gasteiger partial charge in [-0.1, -0.05) is 18.2 Å². The Morgan fingerprint density at radius 3 is 2.74 bits per heavy atom. The summed E-state index contributed by atoms with van der Waals surface area (Å²) in [5.41, 5.74) is 2.77. The highest BCUT2D eigenvalue weighted by atomic mass is 19.3. The quantitative estimate of drug-likeness (QED) is 0.324. The molecule has 0 saturated carbocycles. The number of benzene rings is 2. The summed E-state index contributed by atoms with van der Waals surface area (Å²) in [6.45, 7) is -2.94. The first-order valence-electron chi connectivity index (χ1n) is 11.6. The predicted octanol–water partition coefficient (Wildman–Crippen LogP) is 3.38. The number of carbonyl (C=O) groups is 3. The molecule has 194 valence electrons. The number of fused-ring (bicyclic) bond motifs is 2. The fraction of sp³-hybridized carbons (Fsp3) is 0.192. The first-order valence-corrected chi connectivity index (χ1v) is 11.6. The van der Waals surface area contributed by atoms with Crippen LogP contribution in [0.25, 0.3) is 5.65 Å². The topological polar surface area (TPSA) is 135 Å². The highest BCUT2D eigenvalue weighted by molar-refractivity contribution is 5.98. The summed E-state index contributed by atoms with van der Waals surface area (Å²) in [7, 11) is 0. The van der Waals surface area contributed by atoms with Crippen LogP contribution in [0.1, 0.15) is 60.5 Å². The van der Waals surface area contributed by atoms with Crippen LogP contribution < -0.4 is 15.4 Å². The van der Waals surface area contributed by atoms with Gasteiger partial charge in [0.1, 0.15) is 17.1 Å². The lowest BCUT2D eigenvalue weighted by molar-refractivity contribution is -0.0499. The molecule has 2 aromatic carbocycles. The maximum absolute atomic E-state index is 13.3. The van der Waals surface area contributed by atoms with Crippen LogP contribution in [0.4, 0.5) is 8.78 Å². The first kappa shape index (κ1) is 24.8. The lowest BCUT2D eigenvalue weighted by Gasteiger charge is -2.15. The van der Waals surface area contributed by atoms with Gasteiger partial charge in [0.25, 0.3) is 11.8 Å². The van der Waals surface area contributed by atoms with Crippen molar-refractivity contribution in [1.82, 2.24) is 25.2 Å². The van der Waals surface area contributed by atoms with Gasteiger partial charge in [0.2, 0.25) is 0 Å². The van der Waals surface area contributed by atoms with Crippen LogP contribution in [0, 0.1) is 0 Å². The summed E-state index contributed by atoms with van der Waals surface area (Å²) in [6, 6.07) is 13.3. The molecule has 1 atom stereocenters. The number of hydrogen-bond donors (Lipinski definition) is 3. The molecule has 0 fully saturated rings. The van der Waals surface area contributed by atoms with E-state index < -0.39 is 24.4 Å². The Labute approximate surface area is 214 Å². The number of nitrogens with zero attached hydrogens (tertiary/aromatic N) is 3. The lowest BCUT2D eigenvalue weighted by atomic mass is 10.0. The normalized spacial score (nSPS) is 14.3. The zero-order valence-corrected chi connectivity index (χ0v) is 19.7. The van der Waals surface area contributed by atoms with E-state index in [0.29, 0.717) is 18.4 Å². The molecule has 38 heavy (non-hydrogen) atoms. The van der Waals surface area contributed by atoms with Gasteiger partial charge in [0, 0.05) is 18.7 Å². The molecule has 10 nitrogen and oxygen atoms in total. The fourth-order valence-corrected chi connectivity index (χ4v) is 4.43. The highest BCUT2D eigenvalue weighted by Gasteiger charge is 2.27. The number of rotatable bonds is 8. The lowest BCUT2D eigenvalue weighted by Crippen LogP contribution is -2.30. The monoisotopic (exact) mass is 521 g/mol. The van der Waals surface area contributed by atoms with E-state index in [1.807, 2.05) is 0 Å². The molecule has 0 unspecified atom stereocenters. The fourth-order valence-electron chi connectivity index (χ4n) is 4.43. The van der Waals surface area contributed by atoms with E-state index >= 15 is 0 Å². The van der Waals surface area contributed by atoms with Crippen molar-refractivity contribution in [2.24, 2.45) is 0 Å². The molecule has 1 aliphatic rings. The predicted molar refractivity (Wildman–Crippen MR) is 129 cm³/mol. The third-order valence-electron chi connectivity index (χ3n) is 6.17. The van der Waals surface area contributed by atoms with Crippen LogP contribution in [0.15, 0.2) is 60.8 Å². The van der Waals surface area contributed by atoms with Crippen LogP contribution in [0.5, 0.6) is 5.75 Å². The van der Waals surface area contributed by atoms with Crippen LogP contribution in [0.3, 0.4) is 0 Å². The van der Waals surface area contributed by atoms with Crippen molar-refractivity contribution in [3.63, 3.8) is 0 Å². The van der Waals surface area contributed by atoms with E-state index in [2.05, 4.69) is 25.5 Å². The van der Waals surface area contributed by atoms with Gasteiger partial charge in [-0.2, -0.15) is 13.9 Å². The minimum Gasteiger partial charge on any atom is -0.478 e. The van der Waals surface area contributed by atoms with Gasteiger partial charge in [0.05, 0.1) is 17.8 Å². The molecule has 0 bridgehead atoms. The zero-order valence-electron chi connectivity index (χ0n) is 19.7. The van der Waals surface area contributed by atoms with Crippen molar-refractivity contribution in [3.05, 3.63) is 94.4 Å². The molecule has 0 aliphatic heterocycles. The molecule has 3 N–H and O–H groups in total. The van der Waals surface area contributed by atoms with Gasteiger partial charge in [-0.3, -0.25) is 9.59 Å². The van der Waals surface area contributed by atoms with Gasteiger partial charge >= 0.3 is 12.6 Å². The van der Waals surface area contributed by atoms with E-state index in [4.69, 9.17) is 0 Å². The van der Waals surface area contributed by atoms with Gasteiger partial charge in [0.15, 0.2) is 5.65 Å². The molecule has 1 aliphatic carbocycles. The highest BCUT2D eigenvalue weighted by Crippen LogP contribution is 2.32. The number of aromatic carboxylic acids is 1. The Balaban J connectivity index is 1.33. The van der Waals surface area contributed by atoms with Gasteiger partial charge in [-0.05, 0) is 53.8 Å². The van der Waals surface area contributed by atoms with Gasteiger partial charge in [-0.25, -0.2) is 14.3 Å². The molecule has 0 saturated heterocycles. The van der Waals surface area contributed by atoms with E-state index in [9.17, 15) is 28.3 Å². The molecule has 2 amide bonds. The standard InChI is InChI=1S/C26H21F2N5O5/c27-26(28)38-17-3-1-2-14(10-17)13-29-23(34)20-12-21(33-22(31-20)8-9-30-33)24(35)32-19-7-5-15-11-16(25(36)37)4-6-18(15)19/h1-4,6,8-12,19,26H,5,7,13H2,(H,29,34)(H,32,35)(H,36,37)/t19-/m1/s1. The molecule has 2 aromatic heterocycles. The maximum Gasteiger partial charge on any atom is 0.387 e. The van der Waals surface area contributed by atoms with Crippen molar-refractivity contribution >= 4 is 23.4 Å². The summed E-state index contributed by atoms with van der Waals surface area (Å²) in [5.74, 6) is -2.10. The summed E-state index contributed by atoms with van der Waals surface area (Å²) in [6.07, 6.45) is 2.67. The van der Waals surface area contributed by atoms with Gasteiger partial charge in [-0.15, -0.1) is 0 Å². The zero-order chi connectivity index (χ0) is 26.8. The second-order valence-corrected chi connectivity index (χ2v) is 8.62. The van der Waals surface area contributed by atoms with Crippen molar-refractivity contribution < 1.29 is 33.0 Å². The maximum atomic E-state index is 13.3. The van der Waals surface area contributed by atoms with Crippen molar-refractivity contribution in [3.8, 4) is 5.75 Å². The minimum atomic E-state index is -2.96. The molecule has 2 heterocycles. The second kappa shape index (κ2) is 10.2. The number of hydrogen-bond acceptors (Lipinski definition) is 6. The SMILES string of the molecule is O=C(O)c1ccc2c(c1)CC[C@H]2NC(=O)c1cc(C(=O)NCc2cccc(OC(F)F)c2)nc2ccnn12. The number of carboxylic acid groups (broad SMARTS) is 1. The van der Waals surface area contributed by atoms with E-state index in [1.54, 1.807) is 24.3 Å². The van der Waals surface area contributed by atoms with Gasteiger partial charge < -0.3 is 20.5 Å². The number of halogens is 2. The van der Waals surface area contributed by atoms with Crippen LogP contribution in [0.2, 0.25) is 0 Å². The number of aromatic nitrogens is 3. The minimum absolute atomic E-state index is 0.0180. The number of aryl methyl sites for hydroxylation is 1. The number of ether oxygens (including phenoxy) is 1. The first-order chi connectivity index (χ1) is 18.3. The molecular weight excluding hydrogens is 500 g/mol. The van der Waals surface area contributed by atoms with Crippen LogP contribution in [-0.4, -0.2) is 44.1 Å². The van der Waals surface area contributed by atoms with E-state index in [-0.39, 0.29) is 40.9 Å². The third-order valence-corrected chi connectivity index (χ3v) is 6.17. The molecule has 5 rings (SSSR count). The van der Waals surface area contributed by atoms with Crippen molar-refractivity contribution in [2.75, 3.05) is 0 Å². The Morgan fingerprint density at radius 2 is 1.95 bits per heavy atom. The Bertz CT molecular complexity index is 1550. The summed E-state index contributed by atoms with van der Waals surface area (Å²) in [5, 5.41) is 19.0. The third kappa shape index (κ3) is 5.14. The molecule has 0 spiro atoms. The smallest absolute Gasteiger partial charge is 0.387 e. The second-order valence-electron chi connectivity index (χ2n) is 8.62. The number of amides is 2. The largest absolute Gasteiger partial charge is 0.478 e. The summed E-state index contributed by atoms with van der Waals surface area (Å²) in [4.78, 5) is 41.7. The van der Waals surface area contributed by atoms with E-state index in [1.165, 1.54) is 41.0 Å². The molecule has 12 heteroatoms.